The summed E-state index contributed by atoms with van der Waals surface area (Å²) in [4.78, 5) is 39.7. The number of rotatable bonds is 7. The molecule has 164 valence electrons. The number of hydrogen-bond donors (Lipinski definition) is 3. The molecule has 32 heavy (non-hydrogen) atoms. The van der Waals surface area contributed by atoms with Crippen LogP contribution < -0.4 is 20.5 Å². The molecule has 0 spiro atoms. The summed E-state index contributed by atoms with van der Waals surface area (Å²) >= 11 is 6.28. The van der Waals surface area contributed by atoms with Gasteiger partial charge in [-0.3, -0.25) is 19.4 Å². The van der Waals surface area contributed by atoms with Crippen LogP contribution in [0.4, 0.5) is 5.69 Å². The summed E-state index contributed by atoms with van der Waals surface area (Å²) in [6.07, 6.45) is 2.12. The second-order valence-corrected chi connectivity index (χ2v) is 7.74. The molecule has 3 aromatic rings. The van der Waals surface area contributed by atoms with Gasteiger partial charge in [0.1, 0.15) is 22.7 Å². The maximum Gasteiger partial charge on any atom is 0.319 e. The Balaban J connectivity index is 1.61. The number of carboxylic acids is 1. The molecule has 0 atom stereocenters. The Morgan fingerprint density at radius 1 is 1.16 bits per heavy atom. The molecule has 1 fully saturated rings. The van der Waals surface area contributed by atoms with E-state index < -0.39 is 23.2 Å². The molecule has 0 unspecified atom stereocenters. The highest BCUT2D eigenvalue weighted by Gasteiger charge is 2.57. The quantitative estimate of drug-likeness (QED) is 0.462. The first-order valence-corrected chi connectivity index (χ1v) is 9.92. The van der Waals surface area contributed by atoms with E-state index in [0.29, 0.717) is 41.0 Å². The highest BCUT2D eigenvalue weighted by molar-refractivity contribution is 6.34. The van der Waals surface area contributed by atoms with Gasteiger partial charge >= 0.3 is 5.97 Å². The van der Waals surface area contributed by atoms with Gasteiger partial charge in [0.15, 0.2) is 0 Å². The maximum absolute atomic E-state index is 12.3. The lowest BCUT2D eigenvalue weighted by atomic mass is 10.1. The van der Waals surface area contributed by atoms with E-state index in [0.717, 1.165) is 0 Å². The number of nitrogens with two attached hydrogens (primary N) is 1. The van der Waals surface area contributed by atoms with Crippen LogP contribution in [0.25, 0.3) is 10.9 Å². The van der Waals surface area contributed by atoms with E-state index in [4.69, 9.17) is 26.8 Å². The number of pyridine rings is 1. The third kappa shape index (κ3) is 3.78. The molecule has 0 aliphatic heterocycles. The predicted octanol–water partition coefficient (Wildman–Crippen LogP) is 3.59. The number of carbonyl (C=O) groups excluding carboxylic acids is 2. The van der Waals surface area contributed by atoms with Crippen LogP contribution in [-0.4, -0.2) is 35.0 Å². The van der Waals surface area contributed by atoms with Crippen LogP contribution in [0.5, 0.6) is 17.2 Å². The first kappa shape index (κ1) is 21.4. The summed E-state index contributed by atoms with van der Waals surface area (Å²) in [5, 5.41) is 12.5. The molecule has 9 nitrogen and oxygen atoms in total. The van der Waals surface area contributed by atoms with Gasteiger partial charge < -0.3 is 25.6 Å². The van der Waals surface area contributed by atoms with Crippen LogP contribution in [-0.2, 0) is 9.59 Å². The van der Waals surface area contributed by atoms with Crippen molar-refractivity contribution in [2.24, 2.45) is 11.1 Å². The topological polar surface area (TPSA) is 141 Å². The SMILES string of the molecule is COc1cc2nccc(Oc3ccc(NC(=O)C4(C(=O)O)CC4)c(Cl)c3)c2cc1C(N)=O. The van der Waals surface area contributed by atoms with Crippen molar-refractivity contribution in [3.63, 3.8) is 0 Å². The molecule has 1 saturated carbocycles. The van der Waals surface area contributed by atoms with Gasteiger partial charge in [-0.05, 0) is 37.1 Å². The van der Waals surface area contributed by atoms with E-state index in [1.54, 1.807) is 18.2 Å². The number of methoxy groups -OCH3 is 1. The summed E-state index contributed by atoms with van der Waals surface area (Å²) in [6.45, 7) is 0. The van der Waals surface area contributed by atoms with E-state index in [1.165, 1.54) is 31.5 Å². The van der Waals surface area contributed by atoms with Crippen molar-refractivity contribution < 1.29 is 29.0 Å². The highest BCUT2D eigenvalue weighted by atomic mass is 35.5. The molecule has 1 aliphatic carbocycles. The van der Waals surface area contributed by atoms with Gasteiger partial charge in [-0.2, -0.15) is 0 Å². The minimum Gasteiger partial charge on any atom is -0.496 e. The summed E-state index contributed by atoms with van der Waals surface area (Å²) < 4.78 is 11.1. The van der Waals surface area contributed by atoms with Crippen molar-refractivity contribution in [1.29, 1.82) is 0 Å². The number of ether oxygens (including phenoxy) is 2. The van der Waals surface area contributed by atoms with E-state index >= 15 is 0 Å². The minimum absolute atomic E-state index is 0.176. The van der Waals surface area contributed by atoms with Gasteiger partial charge in [-0.25, -0.2) is 0 Å². The zero-order valence-electron chi connectivity index (χ0n) is 16.8. The number of aliphatic carboxylic acids is 1. The zero-order valence-corrected chi connectivity index (χ0v) is 17.6. The van der Waals surface area contributed by atoms with Crippen LogP contribution in [0, 0.1) is 5.41 Å². The Labute approximate surface area is 187 Å². The second kappa shape index (κ2) is 8.01. The zero-order chi connectivity index (χ0) is 23.0. The fraction of sp³-hybridized carbons (Fsp3) is 0.182. The molecular formula is C22H18ClN3O6. The summed E-state index contributed by atoms with van der Waals surface area (Å²) in [5.41, 5.74) is 5.05. The highest BCUT2D eigenvalue weighted by Crippen LogP contribution is 2.47. The van der Waals surface area contributed by atoms with E-state index in [-0.39, 0.29) is 16.3 Å². The molecular weight excluding hydrogens is 438 g/mol. The Bertz CT molecular complexity index is 1270. The summed E-state index contributed by atoms with van der Waals surface area (Å²) in [5.74, 6) is -1.35. The van der Waals surface area contributed by atoms with Crippen molar-refractivity contribution in [2.75, 3.05) is 12.4 Å². The van der Waals surface area contributed by atoms with Gasteiger partial charge in [0.25, 0.3) is 5.91 Å². The molecule has 1 aliphatic rings. The van der Waals surface area contributed by atoms with Crippen molar-refractivity contribution in [3.8, 4) is 17.2 Å². The standard InChI is InChI=1S/C22H18ClN3O6/c1-31-18-10-16-12(9-13(18)19(24)27)17(4-7-25-16)32-11-2-3-15(14(23)8-11)26-20(28)22(5-6-22)21(29)30/h2-4,7-10H,5-6H2,1H3,(H2,24,27)(H,26,28)(H,29,30). The van der Waals surface area contributed by atoms with E-state index in [2.05, 4.69) is 10.3 Å². The number of anilines is 1. The number of amides is 2. The van der Waals surface area contributed by atoms with E-state index in [1.807, 2.05) is 0 Å². The molecule has 0 radical (unpaired) electrons. The predicted molar refractivity (Wildman–Crippen MR) is 116 cm³/mol. The molecule has 4 N–H and O–H groups in total. The number of halogens is 1. The van der Waals surface area contributed by atoms with Gasteiger partial charge in [-0.1, -0.05) is 11.6 Å². The number of hydrogen-bond acceptors (Lipinski definition) is 6. The number of carbonyl (C=O) groups is 3. The minimum atomic E-state index is -1.38. The van der Waals surface area contributed by atoms with Crippen LogP contribution in [0.3, 0.4) is 0 Å². The largest absolute Gasteiger partial charge is 0.496 e. The number of carboxylic acid groups (broad SMARTS) is 1. The maximum atomic E-state index is 12.3. The van der Waals surface area contributed by atoms with Gasteiger partial charge in [0.05, 0.1) is 28.9 Å². The smallest absolute Gasteiger partial charge is 0.319 e. The van der Waals surface area contributed by atoms with Gasteiger partial charge in [-0.15, -0.1) is 0 Å². The molecule has 2 aromatic carbocycles. The number of fused-ring (bicyclic) bond motifs is 1. The summed E-state index contributed by atoms with van der Waals surface area (Å²) in [6, 6.07) is 9.33. The second-order valence-electron chi connectivity index (χ2n) is 7.33. The fourth-order valence-corrected chi connectivity index (χ4v) is 3.51. The lowest BCUT2D eigenvalue weighted by Gasteiger charge is -2.14. The van der Waals surface area contributed by atoms with Crippen molar-refractivity contribution in [2.45, 2.75) is 12.8 Å². The number of benzene rings is 2. The molecule has 1 aromatic heterocycles. The van der Waals surface area contributed by atoms with Crippen LogP contribution >= 0.6 is 11.6 Å². The van der Waals surface area contributed by atoms with Crippen LogP contribution in [0.15, 0.2) is 42.6 Å². The van der Waals surface area contributed by atoms with Crippen LogP contribution in [0.1, 0.15) is 23.2 Å². The molecule has 0 bridgehead atoms. The third-order valence-corrected chi connectivity index (χ3v) is 5.61. The summed E-state index contributed by atoms with van der Waals surface area (Å²) in [7, 11) is 1.43. The fourth-order valence-electron chi connectivity index (χ4n) is 3.29. The normalized spacial score (nSPS) is 13.9. The average Bonchev–Trinajstić information content (AvgIpc) is 3.57. The van der Waals surface area contributed by atoms with Gasteiger partial charge in [0.2, 0.25) is 5.91 Å². The van der Waals surface area contributed by atoms with Crippen molar-refractivity contribution >= 4 is 46.0 Å². The average molecular weight is 456 g/mol. The van der Waals surface area contributed by atoms with Crippen molar-refractivity contribution in [3.05, 3.63) is 53.2 Å². The Kier molecular flexibility index (Phi) is 5.35. The Morgan fingerprint density at radius 3 is 2.50 bits per heavy atom. The lowest BCUT2D eigenvalue weighted by molar-refractivity contribution is -0.147. The molecule has 0 saturated heterocycles. The third-order valence-electron chi connectivity index (χ3n) is 5.30. The Hall–Kier alpha value is -3.85. The number of nitrogens with zero attached hydrogens (tertiary/aromatic N) is 1. The van der Waals surface area contributed by atoms with E-state index in [9.17, 15) is 19.5 Å². The lowest BCUT2D eigenvalue weighted by Crippen LogP contribution is -2.31. The van der Waals surface area contributed by atoms with Crippen LogP contribution in [0.2, 0.25) is 5.02 Å². The molecule has 4 rings (SSSR count). The molecule has 1 heterocycles. The van der Waals surface area contributed by atoms with Crippen molar-refractivity contribution in [1.82, 2.24) is 4.98 Å². The monoisotopic (exact) mass is 455 g/mol. The molecule has 10 heteroatoms. The Morgan fingerprint density at radius 2 is 1.91 bits per heavy atom. The molecule has 2 amide bonds. The first-order valence-electron chi connectivity index (χ1n) is 9.54. The number of aromatic nitrogens is 1. The number of nitrogens with one attached hydrogen (secondary N) is 1. The number of primary amides is 1. The van der Waals surface area contributed by atoms with Gasteiger partial charge in [0, 0.05) is 23.7 Å². The first-order chi connectivity index (χ1) is 15.2.